The average molecular weight is 228 g/mol. The molecule has 0 aromatic rings. The van der Waals surface area contributed by atoms with Gasteiger partial charge in [-0.2, -0.15) is 0 Å². The Balaban J connectivity index is 4.79. The quantitative estimate of drug-likeness (QED) is 0.279. The molecule has 0 saturated carbocycles. The van der Waals surface area contributed by atoms with Gasteiger partial charge >= 0.3 is 17.9 Å². The number of esters is 2. The second kappa shape index (κ2) is 6.54. The first-order valence-electron chi connectivity index (χ1n) is 4.19. The number of ether oxygens (including phenoxy) is 2. The Labute approximate surface area is 92.1 Å². The predicted molar refractivity (Wildman–Crippen MR) is 53.8 cm³/mol. The second-order valence-electron chi connectivity index (χ2n) is 2.47. The first-order valence-corrected chi connectivity index (χ1v) is 4.19. The molecule has 6 nitrogen and oxygen atoms in total. The zero-order valence-electron chi connectivity index (χ0n) is 8.46. The third-order valence-corrected chi connectivity index (χ3v) is 1.26. The fraction of sp³-hybridized carbons (Fsp3) is 0.200. The van der Waals surface area contributed by atoms with Crippen molar-refractivity contribution in [1.29, 1.82) is 0 Å². The molecule has 0 atom stereocenters. The van der Waals surface area contributed by atoms with Crippen LogP contribution in [0.4, 0.5) is 0 Å². The lowest BCUT2D eigenvalue weighted by Gasteiger charge is -2.22. The van der Waals surface area contributed by atoms with Crippen molar-refractivity contribution in [2.75, 3.05) is 6.61 Å². The van der Waals surface area contributed by atoms with Gasteiger partial charge in [0.2, 0.25) is 0 Å². The van der Waals surface area contributed by atoms with Crippen LogP contribution in [0.5, 0.6) is 0 Å². The van der Waals surface area contributed by atoms with Crippen LogP contribution in [0, 0.1) is 0 Å². The van der Waals surface area contributed by atoms with Crippen LogP contribution >= 0.6 is 0 Å². The van der Waals surface area contributed by atoms with E-state index in [2.05, 4.69) is 22.6 Å². The maximum Gasteiger partial charge on any atom is 0.396 e. The highest BCUT2D eigenvalue weighted by atomic mass is 16.8. The number of carbonyl (C=O) groups excluding carboxylic acids is 2. The molecular weight excluding hydrogens is 216 g/mol. The van der Waals surface area contributed by atoms with E-state index in [1.54, 1.807) is 0 Å². The molecule has 0 aliphatic heterocycles. The maximum atomic E-state index is 10.8. The van der Waals surface area contributed by atoms with E-state index in [0.29, 0.717) is 0 Å². The summed E-state index contributed by atoms with van der Waals surface area (Å²) in [6, 6.07) is 0. The molecule has 0 amide bonds. The van der Waals surface area contributed by atoms with Gasteiger partial charge in [-0.15, -0.1) is 0 Å². The minimum atomic E-state index is -2.58. The van der Waals surface area contributed by atoms with Crippen LogP contribution in [0.3, 0.4) is 0 Å². The van der Waals surface area contributed by atoms with E-state index in [1.165, 1.54) is 0 Å². The van der Waals surface area contributed by atoms with Crippen molar-refractivity contribution in [2.24, 2.45) is 0 Å². The van der Waals surface area contributed by atoms with E-state index >= 15 is 0 Å². The molecule has 0 bridgehead atoms. The number of aliphatic hydroxyl groups excluding tert-OH is 1. The number of rotatable bonds is 6. The van der Waals surface area contributed by atoms with E-state index in [1.807, 2.05) is 0 Å². The van der Waals surface area contributed by atoms with Crippen molar-refractivity contribution in [3.8, 4) is 0 Å². The summed E-state index contributed by atoms with van der Waals surface area (Å²) in [4.78, 5) is 21.7. The lowest BCUT2D eigenvalue weighted by molar-refractivity contribution is -0.291. The normalized spacial score (nSPS) is 10.9. The number of carbonyl (C=O) groups is 2. The molecule has 0 aliphatic carbocycles. The first-order chi connectivity index (χ1) is 7.47. The summed E-state index contributed by atoms with van der Waals surface area (Å²) in [7, 11) is 0. The molecule has 0 rings (SSSR count). The van der Waals surface area contributed by atoms with Gasteiger partial charge in [-0.25, -0.2) is 9.59 Å². The largest absolute Gasteiger partial charge is 0.396 e. The minimum Gasteiger partial charge on any atom is -0.392 e. The number of hydrogen-bond acceptors (Lipinski definition) is 6. The highest BCUT2D eigenvalue weighted by Crippen LogP contribution is 2.12. The van der Waals surface area contributed by atoms with E-state index in [9.17, 15) is 14.7 Å². The van der Waals surface area contributed by atoms with Crippen molar-refractivity contribution in [3.63, 3.8) is 0 Å². The Kier molecular flexibility index (Phi) is 5.76. The Morgan fingerprint density at radius 2 is 1.62 bits per heavy atom. The fourth-order valence-corrected chi connectivity index (χ4v) is 0.662. The van der Waals surface area contributed by atoms with Crippen LogP contribution in [0.25, 0.3) is 0 Å². The number of aliphatic hydroxyl groups is 2. The molecule has 0 aromatic heterocycles. The van der Waals surface area contributed by atoms with Crippen molar-refractivity contribution >= 4 is 11.9 Å². The third kappa shape index (κ3) is 5.08. The summed E-state index contributed by atoms with van der Waals surface area (Å²) in [6.07, 6.45) is 3.39. The van der Waals surface area contributed by atoms with Crippen molar-refractivity contribution in [3.05, 3.63) is 37.5 Å². The number of hydrogen-bond donors (Lipinski definition) is 2. The van der Waals surface area contributed by atoms with Crippen LogP contribution < -0.4 is 0 Å². The van der Waals surface area contributed by atoms with Crippen LogP contribution in [0.1, 0.15) is 0 Å². The lowest BCUT2D eigenvalue weighted by Crippen LogP contribution is -2.37. The Bertz CT molecular complexity index is 295. The highest BCUT2D eigenvalue weighted by molar-refractivity contribution is 5.83. The summed E-state index contributed by atoms with van der Waals surface area (Å²) in [5.74, 6) is -4.58. The molecule has 0 fully saturated rings. The van der Waals surface area contributed by atoms with Crippen molar-refractivity contribution < 1.29 is 29.3 Å². The van der Waals surface area contributed by atoms with Gasteiger partial charge < -0.3 is 19.7 Å². The van der Waals surface area contributed by atoms with Gasteiger partial charge in [0.1, 0.15) is 0 Å². The van der Waals surface area contributed by atoms with Gasteiger partial charge in [-0.05, 0) is 0 Å². The summed E-state index contributed by atoms with van der Waals surface area (Å²) >= 11 is 0. The first kappa shape index (κ1) is 14.1. The van der Waals surface area contributed by atoms with Gasteiger partial charge in [0, 0.05) is 18.2 Å². The molecule has 2 N–H and O–H groups in total. The zero-order chi connectivity index (χ0) is 12.6. The Morgan fingerprint density at radius 1 is 1.19 bits per heavy atom. The van der Waals surface area contributed by atoms with E-state index in [4.69, 9.17) is 5.11 Å². The topological polar surface area (TPSA) is 93.1 Å². The molecule has 0 radical (unpaired) electrons. The zero-order valence-corrected chi connectivity index (χ0v) is 8.46. The standard InChI is InChI=1S/C10H12O6/c1-3-8(12)15-10(14,6-5-7-11)16-9(13)4-2/h3-6,11,14H,1-2,7H2/b6-5+. The molecule has 0 aromatic carbocycles. The smallest absolute Gasteiger partial charge is 0.392 e. The molecule has 0 spiro atoms. The van der Waals surface area contributed by atoms with Gasteiger partial charge in [-0.3, -0.25) is 0 Å². The summed E-state index contributed by atoms with van der Waals surface area (Å²) in [5.41, 5.74) is 0. The minimum absolute atomic E-state index is 0.431. The molecule has 88 valence electrons. The molecule has 0 aliphatic rings. The van der Waals surface area contributed by atoms with Gasteiger partial charge in [0.25, 0.3) is 0 Å². The molecule has 0 heterocycles. The Hall–Kier alpha value is -1.92. The highest BCUT2D eigenvalue weighted by Gasteiger charge is 2.32. The van der Waals surface area contributed by atoms with Crippen molar-refractivity contribution in [2.45, 2.75) is 5.97 Å². The molecule has 0 saturated heterocycles. The molecule has 16 heavy (non-hydrogen) atoms. The lowest BCUT2D eigenvalue weighted by atomic mass is 10.4. The second-order valence-corrected chi connectivity index (χ2v) is 2.47. The van der Waals surface area contributed by atoms with E-state index in [-0.39, 0.29) is 0 Å². The van der Waals surface area contributed by atoms with Crippen LogP contribution in [0.15, 0.2) is 37.5 Å². The molecular formula is C10H12O6. The summed E-state index contributed by atoms with van der Waals surface area (Å²) < 4.78 is 8.74. The maximum absolute atomic E-state index is 10.8. The van der Waals surface area contributed by atoms with Gasteiger partial charge in [0.05, 0.1) is 6.61 Å². The van der Waals surface area contributed by atoms with Gasteiger partial charge in [0.15, 0.2) is 0 Å². The molecule has 6 heteroatoms. The SMILES string of the molecule is C=CC(=O)OC(O)(/C=C/CO)OC(=O)C=C. The average Bonchev–Trinajstić information content (AvgIpc) is 2.25. The summed E-state index contributed by atoms with van der Waals surface area (Å²) in [6.45, 7) is 5.78. The third-order valence-electron chi connectivity index (χ3n) is 1.26. The van der Waals surface area contributed by atoms with Gasteiger partial charge in [-0.1, -0.05) is 19.2 Å². The van der Waals surface area contributed by atoms with Crippen LogP contribution in [0.2, 0.25) is 0 Å². The monoisotopic (exact) mass is 228 g/mol. The van der Waals surface area contributed by atoms with Crippen LogP contribution in [-0.4, -0.2) is 34.7 Å². The van der Waals surface area contributed by atoms with E-state index in [0.717, 1.165) is 24.3 Å². The van der Waals surface area contributed by atoms with E-state index < -0.39 is 24.5 Å². The molecule has 0 unspecified atom stereocenters. The summed E-state index contributed by atoms with van der Waals surface area (Å²) in [5, 5.41) is 18.1. The fourth-order valence-electron chi connectivity index (χ4n) is 0.662. The predicted octanol–water partition coefficient (Wildman–Crippen LogP) is -0.361. The van der Waals surface area contributed by atoms with Crippen molar-refractivity contribution in [1.82, 2.24) is 0 Å². The Morgan fingerprint density at radius 3 is 1.94 bits per heavy atom. The van der Waals surface area contributed by atoms with Crippen LogP contribution in [-0.2, 0) is 19.1 Å².